The third kappa shape index (κ3) is 4.39. The van der Waals surface area contributed by atoms with E-state index >= 15 is 0 Å². The van der Waals surface area contributed by atoms with Gasteiger partial charge in [-0.05, 0) is 31.2 Å². The standard InChI is InChI=1S/C17H22N2O2/c1-2-19(14-8-4-3-5-9-14)12-15(20)13-21-17-11-7-6-10-16(17)18/h3-11,15,20H,2,12-13,18H2,1H3. The van der Waals surface area contributed by atoms with Gasteiger partial charge in [0.15, 0.2) is 0 Å². The minimum Gasteiger partial charge on any atom is -0.489 e. The van der Waals surface area contributed by atoms with E-state index < -0.39 is 6.10 Å². The first-order valence-corrected chi connectivity index (χ1v) is 7.16. The lowest BCUT2D eigenvalue weighted by molar-refractivity contribution is 0.113. The fourth-order valence-electron chi connectivity index (χ4n) is 2.16. The second-order valence-corrected chi connectivity index (χ2v) is 4.88. The molecule has 0 heterocycles. The van der Waals surface area contributed by atoms with Crippen LogP contribution in [-0.4, -0.2) is 30.9 Å². The van der Waals surface area contributed by atoms with Gasteiger partial charge >= 0.3 is 0 Å². The Balaban J connectivity index is 1.89. The molecule has 0 aliphatic heterocycles. The molecule has 4 heteroatoms. The zero-order valence-corrected chi connectivity index (χ0v) is 12.3. The van der Waals surface area contributed by atoms with Crippen LogP contribution in [0.2, 0.25) is 0 Å². The number of aliphatic hydroxyl groups is 1. The summed E-state index contributed by atoms with van der Waals surface area (Å²) in [6.45, 7) is 3.63. The van der Waals surface area contributed by atoms with Crippen LogP contribution in [0.3, 0.4) is 0 Å². The number of aliphatic hydroxyl groups excluding tert-OH is 1. The fraction of sp³-hybridized carbons (Fsp3) is 0.294. The van der Waals surface area contributed by atoms with Crippen molar-refractivity contribution in [3.63, 3.8) is 0 Å². The fourth-order valence-corrected chi connectivity index (χ4v) is 2.16. The van der Waals surface area contributed by atoms with Gasteiger partial charge in [-0.3, -0.25) is 0 Å². The molecule has 0 amide bonds. The SMILES string of the molecule is CCN(CC(O)COc1ccccc1N)c1ccccc1. The van der Waals surface area contributed by atoms with Crippen molar-refractivity contribution >= 4 is 11.4 Å². The van der Waals surface area contributed by atoms with Crippen molar-refractivity contribution < 1.29 is 9.84 Å². The van der Waals surface area contributed by atoms with E-state index in [0.717, 1.165) is 12.2 Å². The largest absolute Gasteiger partial charge is 0.489 e. The Labute approximate surface area is 125 Å². The van der Waals surface area contributed by atoms with Gasteiger partial charge in [-0.25, -0.2) is 0 Å². The maximum atomic E-state index is 10.2. The smallest absolute Gasteiger partial charge is 0.142 e. The topological polar surface area (TPSA) is 58.7 Å². The molecule has 0 radical (unpaired) electrons. The van der Waals surface area contributed by atoms with Crippen LogP contribution in [0.25, 0.3) is 0 Å². The second-order valence-electron chi connectivity index (χ2n) is 4.88. The molecule has 0 aliphatic carbocycles. The predicted octanol–water partition coefficient (Wildman–Crippen LogP) is 2.54. The maximum Gasteiger partial charge on any atom is 0.142 e. The first-order chi connectivity index (χ1) is 10.2. The molecule has 0 saturated carbocycles. The van der Waals surface area contributed by atoms with Gasteiger partial charge in [0.2, 0.25) is 0 Å². The number of benzene rings is 2. The van der Waals surface area contributed by atoms with Gasteiger partial charge in [0.05, 0.1) is 5.69 Å². The highest BCUT2D eigenvalue weighted by atomic mass is 16.5. The Bertz CT molecular complexity index is 545. The number of ether oxygens (including phenoxy) is 1. The molecule has 3 N–H and O–H groups in total. The lowest BCUT2D eigenvalue weighted by Crippen LogP contribution is -2.35. The number of nitrogens with zero attached hydrogens (tertiary/aromatic N) is 1. The van der Waals surface area contributed by atoms with E-state index in [1.807, 2.05) is 42.5 Å². The van der Waals surface area contributed by atoms with Crippen LogP contribution in [0.1, 0.15) is 6.92 Å². The molecular weight excluding hydrogens is 264 g/mol. The molecule has 0 aromatic heterocycles. The van der Waals surface area contributed by atoms with Crippen molar-refractivity contribution in [2.24, 2.45) is 0 Å². The number of nitrogen functional groups attached to an aromatic ring is 1. The molecule has 2 rings (SSSR count). The van der Waals surface area contributed by atoms with Gasteiger partial charge in [0.1, 0.15) is 18.5 Å². The molecule has 4 nitrogen and oxygen atoms in total. The summed E-state index contributed by atoms with van der Waals surface area (Å²) in [5.41, 5.74) is 7.49. The van der Waals surface area contributed by atoms with Crippen LogP contribution in [-0.2, 0) is 0 Å². The Morgan fingerprint density at radius 1 is 1.10 bits per heavy atom. The highest BCUT2D eigenvalue weighted by Gasteiger charge is 2.12. The molecule has 21 heavy (non-hydrogen) atoms. The van der Waals surface area contributed by atoms with Gasteiger partial charge in [0.25, 0.3) is 0 Å². The molecule has 1 atom stereocenters. The predicted molar refractivity (Wildman–Crippen MR) is 86.7 cm³/mol. The van der Waals surface area contributed by atoms with Crippen LogP contribution in [0.15, 0.2) is 54.6 Å². The van der Waals surface area contributed by atoms with Crippen LogP contribution in [0, 0.1) is 0 Å². The molecule has 0 spiro atoms. The van der Waals surface area contributed by atoms with Gasteiger partial charge in [-0.1, -0.05) is 30.3 Å². The molecular formula is C17H22N2O2. The first kappa shape index (κ1) is 15.2. The van der Waals surface area contributed by atoms with E-state index in [9.17, 15) is 5.11 Å². The summed E-state index contributed by atoms with van der Waals surface area (Å²) < 4.78 is 5.58. The molecule has 2 aromatic carbocycles. The second kappa shape index (κ2) is 7.55. The molecule has 112 valence electrons. The van der Waals surface area contributed by atoms with Crippen molar-refractivity contribution in [3.05, 3.63) is 54.6 Å². The number of likely N-dealkylation sites (N-methyl/N-ethyl adjacent to an activating group) is 1. The van der Waals surface area contributed by atoms with E-state index in [1.54, 1.807) is 12.1 Å². The summed E-state index contributed by atoms with van der Waals surface area (Å²) in [4.78, 5) is 2.11. The summed E-state index contributed by atoms with van der Waals surface area (Å²) in [6, 6.07) is 17.3. The molecule has 0 saturated heterocycles. The van der Waals surface area contributed by atoms with Crippen molar-refractivity contribution in [1.82, 2.24) is 0 Å². The van der Waals surface area contributed by atoms with Crippen molar-refractivity contribution in [2.75, 3.05) is 30.3 Å². The van der Waals surface area contributed by atoms with Crippen molar-refractivity contribution in [2.45, 2.75) is 13.0 Å². The highest BCUT2D eigenvalue weighted by molar-refractivity contribution is 5.51. The lowest BCUT2D eigenvalue weighted by Gasteiger charge is -2.26. The average molecular weight is 286 g/mol. The Morgan fingerprint density at radius 2 is 1.76 bits per heavy atom. The first-order valence-electron chi connectivity index (χ1n) is 7.16. The van der Waals surface area contributed by atoms with Gasteiger partial charge in [-0.15, -0.1) is 0 Å². The highest BCUT2D eigenvalue weighted by Crippen LogP contribution is 2.20. The molecule has 0 aliphatic rings. The number of nitrogens with two attached hydrogens (primary N) is 1. The lowest BCUT2D eigenvalue weighted by atomic mass is 10.2. The van der Waals surface area contributed by atoms with E-state index in [4.69, 9.17) is 10.5 Å². The third-order valence-corrected chi connectivity index (χ3v) is 3.28. The normalized spacial score (nSPS) is 11.9. The van der Waals surface area contributed by atoms with Gasteiger partial charge in [0, 0.05) is 18.8 Å². The van der Waals surface area contributed by atoms with E-state index in [-0.39, 0.29) is 6.61 Å². The molecule has 2 aromatic rings. The summed E-state index contributed by atoms with van der Waals surface area (Å²) >= 11 is 0. The maximum absolute atomic E-state index is 10.2. The number of hydrogen-bond donors (Lipinski definition) is 2. The Kier molecular flexibility index (Phi) is 5.46. The van der Waals surface area contributed by atoms with Crippen LogP contribution in [0.5, 0.6) is 5.75 Å². The zero-order chi connectivity index (χ0) is 15.1. The minimum atomic E-state index is -0.579. The number of anilines is 2. The minimum absolute atomic E-state index is 0.220. The summed E-state index contributed by atoms with van der Waals surface area (Å²) in [5, 5.41) is 10.2. The summed E-state index contributed by atoms with van der Waals surface area (Å²) in [5.74, 6) is 0.610. The van der Waals surface area contributed by atoms with Gasteiger partial charge in [-0.2, -0.15) is 0 Å². The number of rotatable bonds is 7. The summed E-state index contributed by atoms with van der Waals surface area (Å²) in [7, 11) is 0. The molecule has 0 fully saturated rings. The average Bonchev–Trinajstić information content (AvgIpc) is 2.52. The summed E-state index contributed by atoms with van der Waals surface area (Å²) in [6.07, 6.45) is -0.579. The number of hydrogen-bond acceptors (Lipinski definition) is 4. The van der Waals surface area contributed by atoms with Crippen molar-refractivity contribution in [1.29, 1.82) is 0 Å². The van der Waals surface area contributed by atoms with Gasteiger partial charge < -0.3 is 20.5 Å². The van der Waals surface area contributed by atoms with E-state index in [1.165, 1.54) is 0 Å². The quantitative estimate of drug-likeness (QED) is 0.768. The number of para-hydroxylation sites is 3. The van der Waals surface area contributed by atoms with Crippen LogP contribution in [0.4, 0.5) is 11.4 Å². The van der Waals surface area contributed by atoms with Crippen LogP contribution >= 0.6 is 0 Å². The molecule has 0 bridgehead atoms. The monoisotopic (exact) mass is 286 g/mol. The Hall–Kier alpha value is -2.20. The van der Waals surface area contributed by atoms with Crippen LogP contribution < -0.4 is 15.4 Å². The van der Waals surface area contributed by atoms with E-state index in [0.29, 0.717) is 18.0 Å². The molecule has 1 unspecified atom stereocenters. The Morgan fingerprint density at radius 3 is 2.43 bits per heavy atom. The zero-order valence-electron chi connectivity index (χ0n) is 12.3. The van der Waals surface area contributed by atoms with Crippen molar-refractivity contribution in [3.8, 4) is 5.75 Å². The third-order valence-electron chi connectivity index (χ3n) is 3.28. The van der Waals surface area contributed by atoms with E-state index in [2.05, 4.69) is 11.8 Å².